The Morgan fingerprint density at radius 3 is 2.38 bits per heavy atom. The van der Waals surface area contributed by atoms with Crippen molar-refractivity contribution in [3.63, 3.8) is 0 Å². The van der Waals surface area contributed by atoms with Crippen molar-refractivity contribution in [1.82, 2.24) is 0 Å². The van der Waals surface area contributed by atoms with Gasteiger partial charge >= 0.3 is 11.9 Å². The van der Waals surface area contributed by atoms with Crippen LogP contribution in [0.3, 0.4) is 0 Å². The third kappa shape index (κ3) is 1.01. The highest BCUT2D eigenvalue weighted by molar-refractivity contribution is 5.82. The van der Waals surface area contributed by atoms with Gasteiger partial charge in [-0.1, -0.05) is 30.4 Å². The maximum Gasteiger partial charge on any atom is 0.307 e. The second kappa shape index (κ2) is 3.53. The summed E-state index contributed by atoms with van der Waals surface area (Å²) in [5.74, 6) is 2.58. The molecule has 6 aliphatic carbocycles. The molecule has 0 bridgehead atoms. The van der Waals surface area contributed by atoms with E-state index in [1.54, 1.807) is 11.1 Å². The molecule has 0 aliphatic heterocycles. The molecule has 4 heteroatoms. The summed E-state index contributed by atoms with van der Waals surface area (Å²) in [5.41, 5.74) is 3.40. The van der Waals surface area contributed by atoms with Gasteiger partial charge in [0.05, 0.1) is 5.92 Å². The molecular formula is C17H20O4. The van der Waals surface area contributed by atoms with Gasteiger partial charge in [-0.3, -0.25) is 9.59 Å². The van der Waals surface area contributed by atoms with Crippen molar-refractivity contribution < 1.29 is 19.8 Å². The van der Waals surface area contributed by atoms with E-state index in [9.17, 15) is 14.7 Å². The molecule has 4 saturated carbocycles. The van der Waals surface area contributed by atoms with Crippen LogP contribution in [0.4, 0.5) is 0 Å². The van der Waals surface area contributed by atoms with Crippen molar-refractivity contribution in [3.8, 4) is 0 Å². The molecule has 0 aromatic rings. The Morgan fingerprint density at radius 2 is 1.86 bits per heavy atom. The molecule has 4 fully saturated rings. The van der Waals surface area contributed by atoms with Crippen molar-refractivity contribution in [1.29, 1.82) is 0 Å². The summed E-state index contributed by atoms with van der Waals surface area (Å²) < 4.78 is 0. The normalized spacial score (nSPS) is 46.4. The number of hydrogen-bond acceptors (Lipinski definition) is 2. The summed E-state index contributed by atoms with van der Waals surface area (Å²) in [6, 6.07) is 0. The standard InChI is InChI=1S/C17H20O4/c18-8(19)6-4-2-1-3-5-7(16(20)21)17-13-10-9-11(13)15(17)12(9)14(10)17/h7,9-11,13-14H,1-6H2,(H,18,19)(H,20,21). The summed E-state index contributed by atoms with van der Waals surface area (Å²) >= 11 is 0. The molecular weight excluding hydrogens is 268 g/mol. The van der Waals surface area contributed by atoms with Crippen LogP contribution in [0.1, 0.15) is 38.5 Å². The minimum Gasteiger partial charge on any atom is -0.481 e. The van der Waals surface area contributed by atoms with Gasteiger partial charge in [0, 0.05) is 11.8 Å². The largest absolute Gasteiger partial charge is 0.481 e. The van der Waals surface area contributed by atoms with E-state index in [1.807, 2.05) is 0 Å². The van der Waals surface area contributed by atoms with E-state index in [1.165, 1.54) is 0 Å². The number of unbranched alkanes of at least 4 members (excludes halogenated alkanes) is 3. The van der Waals surface area contributed by atoms with Crippen LogP contribution in [-0.2, 0) is 9.59 Å². The first-order valence-corrected chi connectivity index (χ1v) is 8.30. The lowest BCUT2D eigenvalue weighted by molar-refractivity contribution is -0.407. The van der Waals surface area contributed by atoms with Crippen LogP contribution in [0.15, 0.2) is 11.1 Å². The van der Waals surface area contributed by atoms with Crippen LogP contribution in [0.5, 0.6) is 0 Å². The van der Waals surface area contributed by atoms with Crippen molar-refractivity contribution >= 4 is 11.9 Å². The van der Waals surface area contributed by atoms with Gasteiger partial charge in [0.15, 0.2) is 0 Å². The summed E-state index contributed by atoms with van der Waals surface area (Å²) in [6.45, 7) is 0. The molecule has 112 valence electrons. The van der Waals surface area contributed by atoms with Gasteiger partial charge in [-0.25, -0.2) is 0 Å². The zero-order valence-electron chi connectivity index (χ0n) is 11.9. The first kappa shape index (κ1) is 12.2. The number of hydrogen-bond donors (Lipinski definition) is 2. The number of aliphatic carboxylic acids is 2. The van der Waals surface area contributed by atoms with Crippen LogP contribution < -0.4 is 0 Å². The second-order valence-corrected chi connectivity index (χ2v) is 7.67. The average molecular weight is 288 g/mol. The van der Waals surface area contributed by atoms with Crippen molar-refractivity contribution in [3.05, 3.63) is 11.1 Å². The van der Waals surface area contributed by atoms with E-state index in [4.69, 9.17) is 5.11 Å². The zero-order valence-corrected chi connectivity index (χ0v) is 11.9. The molecule has 0 aromatic heterocycles. The lowest BCUT2D eigenvalue weighted by Crippen LogP contribution is -2.97. The molecule has 7 unspecified atom stereocenters. The van der Waals surface area contributed by atoms with Gasteiger partial charge in [0.25, 0.3) is 0 Å². The van der Waals surface area contributed by atoms with Gasteiger partial charge in [-0.15, -0.1) is 0 Å². The summed E-state index contributed by atoms with van der Waals surface area (Å²) in [4.78, 5) is 22.2. The minimum absolute atomic E-state index is 0.131. The van der Waals surface area contributed by atoms with Crippen molar-refractivity contribution in [2.24, 2.45) is 40.9 Å². The molecule has 7 atom stereocenters. The molecule has 0 aromatic carbocycles. The molecule has 21 heavy (non-hydrogen) atoms. The Balaban J connectivity index is 1.17. The predicted octanol–water partition coefficient (Wildman–Crippen LogP) is 2.54. The fourth-order valence-corrected chi connectivity index (χ4v) is 6.87. The first-order valence-electron chi connectivity index (χ1n) is 8.30. The number of carboxylic acid groups (broad SMARTS) is 2. The first-order chi connectivity index (χ1) is 10.1. The fraction of sp³-hybridized carbons (Fsp3) is 0.765. The van der Waals surface area contributed by atoms with Crippen molar-refractivity contribution in [2.45, 2.75) is 38.5 Å². The molecule has 0 spiro atoms. The SMILES string of the molecule is O=C(O)CCCCCCC(C(=O)O)C12C3=C4C5C3C1C5C42. The second-order valence-electron chi connectivity index (χ2n) is 7.67. The van der Waals surface area contributed by atoms with Crippen LogP contribution in [-0.4, -0.2) is 22.2 Å². The van der Waals surface area contributed by atoms with E-state index < -0.39 is 11.9 Å². The van der Waals surface area contributed by atoms with Gasteiger partial charge in [0.1, 0.15) is 0 Å². The van der Waals surface area contributed by atoms with Crippen LogP contribution in [0, 0.1) is 40.9 Å². The van der Waals surface area contributed by atoms with Crippen LogP contribution in [0.2, 0.25) is 0 Å². The van der Waals surface area contributed by atoms with E-state index >= 15 is 0 Å². The molecule has 2 N–H and O–H groups in total. The molecule has 6 aliphatic rings. The molecule has 0 amide bonds. The number of allylic oxidation sites excluding steroid dienone is 2. The number of carbonyl (C=O) groups is 2. The highest BCUT2D eigenvalue weighted by Gasteiger charge is 2.99. The summed E-state index contributed by atoms with van der Waals surface area (Å²) in [7, 11) is 0. The predicted molar refractivity (Wildman–Crippen MR) is 73.4 cm³/mol. The molecule has 0 saturated heterocycles. The fourth-order valence-electron chi connectivity index (χ4n) is 6.87. The maximum atomic E-state index is 11.7. The molecule has 0 radical (unpaired) electrons. The third-order valence-electron chi connectivity index (χ3n) is 7.37. The smallest absolute Gasteiger partial charge is 0.307 e. The Morgan fingerprint density at radius 1 is 1.10 bits per heavy atom. The number of rotatable bonds is 9. The van der Waals surface area contributed by atoms with Gasteiger partial charge < -0.3 is 10.2 Å². The maximum absolute atomic E-state index is 11.7. The Labute approximate surface area is 123 Å². The Hall–Kier alpha value is -1.32. The number of carboxylic acids is 2. The lowest BCUT2D eigenvalue weighted by Gasteiger charge is -3.01. The zero-order chi connectivity index (χ0) is 14.5. The summed E-state index contributed by atoms with van der Waals surface area (Å²) in [5, 5.41) is 18.2. The van der Waals surface area contributed by atoms with E-state index in [0.29, 0.717) is 12.3 Å². The lowest BCUT2D eigenvalue weighted by atomic mass is 9.01. The van der Waals surface area contributed by atoms with Crippen LogP contribution in [0.25, 0.3) is 0 Å². The minimum atomic E-state index is -0.737. The van der Waals surface area contributed by atoms with Crippen molar-refractivity contribution in [2.75, 3.05) is 0 Å². The van der Waals surface area contributed by atoms with Gasteiger partial charge in [-0.2, -0.15) is 0 Å². The molecule has 6 rings (SSSR count). The summed E-state index contributed by atoms with van der Waals surface area (Å²) in [6.07, 6.45) is 4.53. The quantitative estimate of drug-likeness (QED) is 0.505. The third-order valence-corrected chi connectivity index (χ3v) is 7.37. The van der Waals surface area contributed by atoms with E-state index in [-0.39, 0.29) is 17.8 Å². The van der Waals surface area contributed by atoms with Crippen LogP contribution >= 0.6 is 0 Å². The Bertz CT molecular complexity index is 606. The monoisotopic (exact) mass is 288 g/mol. The average Bonchev–Trinajstić information content (AvgIpc) is 2.46. The highest BCUT2D eigenvalue weighted by atomic mass is 16.4. The molecule has 4 nitrogen and oxygen atoms in total. The van der Waals surface area contributed by atoms with Gasteiger partial charge in [-0.05, 0) is 42.4 Å². The van der Waals surface area contributed by atoms with Gasteiger partial charge in [0.2, 0.25) is 0 Å². The van der Waals surface area contributed by atoms with E-state index in [0.717, 1.165) is 49.4 Å². The Kier molecular flexibility index (Phi) is 2.06. The topological polar surface area (TPSA) is 74.6 Å². The van der Waals surface area contributed by atoms with E-state index in [2.05, 4.69) is 0 Å². The molecule has 0 heterocycles. The highest BCUT2D eigenvalue weighted by Crippen LogP contribution is 3.04.